The molecule has 0 fully saturated rings. The van der Waals surface area contributed by atoms with Gasteiger partial charge in [-0.3, -0.25) is 4.79 Å². The fraction of sp³-hybridized carbons (Fsp3) is 0.182. The summed E-state index contributed by atoms with van der Waals surface area (Å²) >= 11 is 1.52. The number of hydrogen-bond donors (Lipinski definition) is 1. The van der Waals surface area contributed by atoms with Crippen molar-refractivity contribution < 1.29 is 14.1 Å². The van der Waals surface area contributed by atoms with Crippen molar-refractivity contribution in [2.24, 2.45) is 0 Å². The number of aromatic nitrogens is 2. The average molecular weight is 392 g/mol. The lowest BCUT2D eigenvalue weighted by atomic mass is 10.1. The first-order chi connectivity index (χ1) is 13.7. The number of thioether (sulfide) groups is 1. The van der Waals surface area contributed by atoms with Crippen LogP contribution in [0.3, 0.4) is 0 Å². The van der Waals surface area contributed by atoms with Crippen LogP contribution in [0.1, 0.15) is 21.8 Å². The van der Waals surface area contributed by atoms with Gasteiger partial charge in [0.25, 0.3) is 0 Å². The fourth-order valence-corrected chi connectivity index (χ4v) is 4.09. The number of nitrogens with one attached hydrogen (secondary N) is 1. The predicted octanol–water partition coefficient (Wildman–Crippen LogP) is 5.26. The van der Waals surface area contributed by atoms with Crippen molar-refractivity contribution in [3.05, 3.63) is 71.6 Å². The third-order valence-electron chi connectivity index (χ3n) is 4.59. The minimum Gasteiger partial charge on any atom is -0.496 e. The van der Waals surface area contributed by atoms with E-state index < -0.39 is 0 Å². The normalized spacial score (nSPS) is 11.1. The predicted molar refractivity (Wildman–Crippen MR) is 112 cm³/mol. The van der Waals surface area contributed by atoms with Gasteiger partial charge in [0.2, 0.25) is 0 Å². The molecule has 0 aliphatic rings. The number of para-hydroxylation sites is 2. The SMILES string of the molecule is COc1ccccc1-c1cc(CSCC(=O)c2c(C)[nH]c3ccccc23)on1. The zero-order valence-corrected chi connectivity index (χ0v) is 16.5. The minimum absolute atomic E-state index is 0.115. The number of benzene rings is 2. The molecule has 4 rings (SSSR count). The lowest BCUT2D eigenvalue weighted by Gasteiger charge is -2.03. The summed E-state index contributed by atoms with van der Waals surface area (Å²) in [6.45, 7) is 1.94. The second kappa shape index (κ2) is 7.94. The number of rotatable bonds is 7. The molecular formula is C22H20N2O3S. The van der Waals surface area contributed by atoms with E-state index >= 15 is 0 Å². The highest BCUT2D eigenvalue weighted by Crippen LogP contribution is 2.30. The summed E-state index contributed by atoms with van der Waals surface area (Å²) in [5, 5.41) is 5.12. The first kappa shape index (κ1) is 18.4. The van der Waals surface area contributed by atoms with Gasteiger partial charge >= 0.3 is 0 Å². The van der Waals surface area contributed by atoms with E-state index in [1.54, 1.807) is 7.11 Å². The zero-order chi connectivity index (χ0) is 19.5. The number of methoxy groups -OCH3 is 1. The molecule has 0 aliphatic carbocycles. The molecule has 0 amide bonds. The molecule has 0 spiro atoms. The molecule has 5 nitrogen and oxygen atoms in total. The van der Waals surface area contributed by atoms with Crippen molar-refractivity contribution in [3.8, 4) is 17.0 Å². The number of fused-ring (bicyclic) bond motifs is 1. The highest BCUT2D eigenvalue weighted by atomic mass is 32.2. The molecule has 2 aromatic carbocycles. The third kappa shape index (κ3) is 3.55. The van der Waals surface area contributed by atoms with Crippen LogP contribution >= 0.6 is 11.8 Å². The zero-order valence-electron chi connectivity index (χ0n) is 15.7. The highest BCUT2D eigenvalue weighted by Gasteiger charge is 2.16. The quantitative estimate of drug-likeness (QED) is 0.435. The van der Waals surface area contributed by atoms with Gasteiger partial charge in [-0.15, -0.1) is 11.8 Å². The molecule has 1 N–H and O–H groups in total. The molecule has 4 aromatic rings. The Kier molecular flexibility index (Phi) is 5.21. The van der Waals surface area contributed by atoms with E-state index in [0.717, 1.165) is 44.9 Å². The van der Waals surface area contributed by atoms with E-state index in [9.17, 15) is 4.79 Å². The molecule has 0 aliphatic heterocycles. The Morgan fingerprint density at radius 1 is 1.18 bits per heavy atom. The number of hydrogen-bond acceptors (Lipinski definition) is 5. The number of Topliss-reactive ketones (excluding diaryl/α,β-unsaturated/α-hetero) is 1. The summed E-state index contributed by atoms with van der Waals surface area (Å²) in [4.78, 5) is 16.0. The van der Waals surface area contributed by atoms with Crippen LogP contribution in [0.15, 0.2) is 59.1 Å². The number of nitrogens with zero attached hydrogens (tertiary/aromatic N) is 1. The molecule has 0 saturated heterocycles. The molecule has 0 bridgehead atoms. The molecule has 2 aromatic heterocycles. The number of aryl methyl sites for hydroxylation is 1. The Balaban J connectivity index is 1.42. The molecule has 142 valence electrons. The standard InChI is InChI=1S/C22H20N2O3S/c1-14-22(17-8-3-5-9-18(17)23-14)20(25)13-28-12-15-11-19(24-27-15)16-7-4-6-10-21(16)26-2/h3-11,23H,12-13H2,1-2H3. The number of ketones is 1. The van der Waals surface area contributed by atoms with E-state index in [0.29, 0.717) is 11.5 Å². The lowest BCUT2D eigenvalue weighted by molar-refractivity contribution is 0.102. The van der Waals surface area contributed by atoms with Crippen molar-refractivity contribution in [3.63, 3.8) is 0 Å². The largest absolute Gasteiger partial charge is 0.496 e. The van der Waals surface area contributed by atoms with E-state index in [1.807, 2.05) is 61.5 Å². The smallest absolute Gasteiger partial charge is 0.175 e. The highest BCUT2D eigenvalue weighted by molar-refractivity contribution is 7.99. The van der Waals surface area contributed by atoms with E-state index in [1.165, 1.54) is 11.8 Å². The van der Waals surface area contributed by atoms with Gasteiger partial charge in [0, 0.05) is 33.8 Å². The summed E-state index contributed by atoms with van der Waals surface area (Å²) in [6.07, 6.45) is 0. The summed E-state index contributed by atoms with van der Waals surface area (Å²) in [6, 6.07) is 17.5. The van der Waals surface area contributed by atoms with Crippen LogP contribution in [0.2, 0.25) is 0 Å². The first-order valence-electron chi connectivity index (χ1n) is 8.94. The summed E-state index contributed by atoms with van der Waals surface area (Å²) in [5.41, 5.74) is 4.28. The molecule has 0 saturated carbocycles. The van der Waals surface area contributed by atoms with Crippen molar-refractivity contribution >= 4 is 28.4 Å². The van der Waals surface area contributed by atoms with Crippen molar-refractivity contribution in [2.75, 3.05) is 12.9 Å². The van der Waals surface area contributed by atoms with Gasteiger partial charge < -0.3 is 14.2 Å². The number of carbonyl (C=O) groups is 1. The number of aromatic amines is 1. The Morgan fingerprint density at radius 3 is 2.82 bits per heavy atom. The van der Waals surface area contributed by atoms with Crippen molar-refractivity contribution in [2.45, 2.75) is 12.7 Å². The van der Waals surface area contributed by atoms with Gasteiger partial charge in [0.05, 0.1) is 18.6 Å². The van der Waals surface area contributed by atoms with Crippen molar-refractivity contribution in [1.29, 1.82) is 0 Å². The molecule has 0 atom stereocenters. The van der Waals surface area contributed by atoms with Gasteiger partial charge in [-0.1, -0.05) is 35.5 Å². The molecule has 0 unspecified atom stereocenters. The Morgan fingerprint density at radius 2 is 1.96 bits per heavy atom. The third-order valence-corrected chi connectivity index (χ3v) is 5.55. The van der Waals surface area contributed by atoms with Crippen LogP contribution in [0.5, 0.6) is 5.75 Å². The molecule has 6 heteroatoms. The maximum Gasteiger partial charge on any atom is 0.175 e. The summed E-state index contributed by atoms with van der Waals surface area (Å²) in [7, 11) is 1.63. The molecule has 28 heavy (non-hydrogen) atoms. The van der Waals surface area contributed by atoms with Crippen LogP contribution in [-0.4, -0.2) is 28.8 Å². The van der Waals surface area contributed by atoms with Crippen LogP contribution in [0.4, 0.5) is 0 Å². The second-order valence-corrected chi connectivity index (χ2v) is 7.45. The van der Waals surface area contributed by atoms with Gasteiger partial charge in [-0.05, 0) is 25.1 Å². The van der Waals surface area contributed by atoms with Gasteiger partial charge in [0.15, 0.2) is 5.78 Å². The Bertz CT molecular complexity index is 1130. The maximum atomic E-state index is 12.7. The molecular weight excluding hydrogens is 372 g/mol. The van der Waals surface area contributed by atoms with E-state index in [2.05, 4.69) is 10.1 Å². The monoisotopic (exact) mass is 392 g/mol. The van der Waals surface area contributed by atoms with Gasteiger partial charge in [-0.25, -0.2) is 0 Å². The van der Waals surface area contributed by atoms with Gasteiger partial charge in [-0.2, -0.15) is 0 Å². The Hall–Kier alpha value is -2.99. The number of H-pyrrole nitrogens is 1. The topological polar surface area (TPSA) is 68.1 Å². The second-order valence-electron chi connectivity index (χ2n) is 6.47. The summed E-state index contributed by atoms with van der Waals surface area (Å²) in [5.74, 6) is 2.56. The van der Waals surface area contributed by atoms with Crippen molar-refractivity contribution in [1.82, 2.24) is 10.1 Å². The van der Waals surface area contributed by atoms with Crippen LogP contribution < -0.4 is 4.74 Å². The van der Waals surface area contributed by atoms with Crippen LogP contribution in [0, 0.1) is 6.92 Å². The first-order valence-corrected chi connectivity index (χ1v) is 10.1. The number of ether oxygens (including phenoxy) is 1. The minimum atomic E-state index is 0.115. The maximum absolute atomic E-state index is 12.7. The van der Waals surface area contributed by atoms with E-state index in [-0.39, 0.29) is 5.78 Å². The fourth-order valence-electron chi connectivity index (χ4n) is 3.32. The summed E-state index contributed by atoms with van der Waals surface area (Å²) < 4.78 is 10.8. The lowest BCUT2D eigenvalue weighted by Crippen LogP contribution is -2.03. The average Bonchev–Trinajstić information content (AvgIpc) is 3.31. The molecule has 0 radical (unpaired) electrons. The van der Waals surface area contributed by atoms with E-state index in [4.69, 9.17) is 9.26 Å². The molecule has 2 heterocycles. The Labute approximate surface area is 167 Å². The van der Waals surface area contributed by atoms with Crippen LogP contribution in [0.25, 0.3) is 22.2 Å². The van der Waals surface area contributed by atoms with Gasteiger partial charge in [0.1, 0.15) is 17.2 Å². The number of carbonyl (C=O) groups excluding carboxylic acids is 1. The van der Waals surface area contributed by atoms with Crippen LogP contribution in [-0.2, 0) is 5.75 Å².